The molecular weight excluding hydrogens is 402 g/mol. The largest absolute Gasteiger partial charge is 0.286 e. The van der Waals surface area contributed by atoms with E-state index in [2.05, 4.69) is 0 Å². The highest BCUT2D eigenvalue weighted by atomic mass is 16.2. The van der Waals surface area contributed by atoms with Crippen LogP contribution in [0.25, 0.3) is 0 Å². The summed E-state index contributed by atoms with van der Waals surface area (Å²) in [4.78, 5) is 67.8. The van der Waals surface area contributed by atoms with Crippen molar-refractivity contribution in [3.05, 3.63) is 47.5 Å². The van der Waals surface area contributed by atoms with Gasteiger partial charge in [-0.1, -0.05) is 34.4 Å². The second-order valence-electron chi connectivity index (χ2n) is 6.13. The number of likely N-dealkylation sites (tertiary alicyclic amines) is 1. The summed E-state index contributed by atoms with van der Waals surface area (Å²) in [6.45, 7) is 0. The molecule has 9 nitrogen and oxygen atoms in total. The molecule has 0 saturated carbocycles. The standard InChI is InChI=1S/C9H7NO2.C5H7NO2.C5H5NO2.3CH4/c1-10-8(11)6-4-2-3-5-7(6)9(10)12;2*1-6-4(7)2-3-5(6)8;;;/h2-5H,1H3;2-3H2,1H3;2-3H,1H3;3*1H4. The normalized spacial score (nSPS) is 15.9. The third kappa shape index (κ3) is 6.43. The van der Waals surface area contributed by atoms with Crippen LogP contribution in [-0.2, 0) is 19.2 Å². The van der Waals surface area contributed by atoms with Crippen molar-refractivity contribution in [2.45, 2.75) is 35.1 Å². The zero-order valence-electron chi connectivity index (χ0n) is 15.7. The van der Waals surface area contributed by atoms with Gasteiger partial charge in [0.25, 0.3) is 23.6 Å². The van der Waals surface area contributed by atoms with E-state index in [1.54, 1.807) is 24.3 Å². The first-order chi connectivity index (χ1) is 13.1. The van der Waals surface area contributed by atoms with Crippen LogP contribution in [0.5, 0.6) is 0 Å². The fourth-order valence-electron chi connectivity index (χ4n) is 2.47. The second kappa shape index (κ2) is 12.2. The summed E-state index contributed by atoms with van der Waals surface area (Å²) >= 11 is 0. The van der Waals surface area contributed by atoms with Crippen molar-refractivity contribution >= 4 is 35.4 Å². The molecule has 4 rings (SSSR count). The van der Waals surface area contributed by atoms with Crippen LogP contribution in [0, 0.1) is 0 Å². The first kappa shape index (κ1) is 29.6. The minimum absolute atomic E-state index is 0. The summed E-state index contributed by atoms with van der Waals surface area (Å²) in [5.41, 5.74) is 1.01. The van der Waals surface area contributed by atoms with Crippen LogP contribution < -0.4 is 0 Å². The van der Waals surface area contributed by atoms with E-state index in [0.717, 1.165) is 9.80 Å². The van der Waals surface area contributed by atoms with E-state index in [9.17, 15) is 28.8 Å². The fraction of sp³-hybridized carbons (Fsp3) is 0.364. The predicted molar refractivity (Wildman–Crippen MR) is 117 cm³/mol. The lowest BCUT2D eigenvalue weighted by atomic mass is 10.1. The van der Waals surface area contributed by atoms with Gasteiger partial charge in [0.05, 0.1) is 11.1 Å². The molecule has 1 fully saturated rings. The molecule has 0 aromatic heterocycles. The lowest BCUT2D eigenvalue weighted by Crippen LogP contribution is -2.24. The smallest absolute Gasteiger partial charge is 0.261 e. The molecule has 0 aliphatic carbocycles. The van der Waals surface area contributed by atoms with Gasteiger partial charge >= 0.3 is 0 Å². The molecule has 6 amide bonds. The number of fused-ring (bicyclic) bond motifs is 1. The molecule has 0 N–H and O–H groups in total. The first-order valence-corrected chi connectivity index (χ1v) is 8.35. The van der Waals surface area contributed by atoms with E-state index in [-0.39, 0.29) is 57.7 Å². The Balaban J connectivity index is 0. The van der Waals surface area contributed by atoms with Gasteiger partial charge in [-0.05, 0) is 12.1 Å². The van der Waals surface area contributed by atoms with Gasteiger partial charge < -0.3 is 0 Å². The summed E-state index contributed by atoms with van der Waals surface area (Å²) in [5, 5.41) is 0. The molecule has 1 saturated heterocycles. The van der Waals surface area contributed by atoms with Crippen LogP contribution in [0.2, 0.25) is 0 Å². The van der Waals surface area contributed by atoms with Gasteiger partial charge in [-0.25, -0.2) is 0 Å². The molecule has 0 bridgehead atoms. The quantitative estimate of drug-likeness (QED) is 0.580. The molecule has 0 atom stereocenters. The first-order valence-electron chi connectivity index (χ1n) is 8.35. The van der Waals surface area contributed by atoms with E-state index >= 15 is 0 Å². The molecule has 9 heteroatoms. The van der Waals surface area contributed by atoms with Gasteiger partial charge in [0.2, 0.25) is 11.8 Å². The van der Waals surface area contributed by atoms with Crippen molar-refractivity contribution < 1.29 is 28.8 Å². The van der Waals surface area contributed by atoms with Crippen LogP contribution >= 0.6 is 0 Å². The monoisotopic (exact) mass is 433 g/mol. The summed E-state index contributed by atoms with van der Waals surface area (Å²) in [6.07, 6.45) is 3.30. The molecule has 3 aliphatic rings. The van der Waals surface area contributed by atoms with E-state index < -0.39 is 0 Å². The van der Waals surface area contributed by atoms with Gasteiger partial charge in [0, 0.05) is 46.1 Å². The molecule has 1 aromatic carbocycles. The Labute approximate surface area is 183 Å². The Morgan fingerprint density at radius 1 is 0.581 bits per heavy atom. The number of imide groups is 3. The lowest BCUT2D eigenvalue weighted by molar-refractivity contribution is -0.137. The summed E-state index contributed by atoms with van der Waals surface area (Å²) in [6, 6.07) is 6.84. The third-order valence-electron chi connectivity index (χ3n) is 4.33. The molecule has 31 heavy (non-hydrogen) atoms. The predicted octanol–water partition coefficient (Wildman–Crippen LogP) is 2.13. The van der Waals surface area contributed by atoms with Gasteiger partial charge in [0.1, 0.15) is 0 Å². The van der Waals surface area contributed by atoms with Gasteiger partial charge in [0.15, 0.2) is 0 Å². The Hall–Kier alpha value is -3.62. The molecule has 0 spiro atoms. The van der Waals surface area contributed by atoms with Crippen molar-refractivity contribution in [3.8, 4) is 0 Å². The average Bonchev–Trinajstić information content (AvgIpc) is 3.24. The maximum absolute atomic E-state index is 11.3. The van der Waals surface area contributed by atoms with Crippen LogP contribution in [0.1, 0.15) is 55.8 Å². The number of hydrogen-bond acceptors (Lipinski definition) is 6. The summed E-state index contributed by atoms with van der Waals surface area (Å²) in [7, 11) is 4.45. The number of rotatable bonds is 0. The number of benzene rings is 1. The molecule has 0 radical (unpaired) electrons. The lowest BCUT2D eigenvalue weighted by Gasteiger charge is -2.02. The molecule has 1 aromatic rings. The number of nitrogens with zero attached hydrogens (tertiary/aromatic N) is 3. The topological polar surface area (TPSA) is 112 Å². The highest BCUT2D eigenvalue weighted by Gasteiger charge is 2.31. The third-order valence-corrected chi connectivity index (χ3v) is 4.33. The van der Waals surface area contributed by atoms with Crippen LogP contribution in [-0.4, -0.2) is 71.3 Å². The number of likely N-dealkylation sites (N-methyl/N-ethyl adjacent to an activating group) is 1. The van der Waals surface area contributed by atoms with Gasteiger partial charge in [-0.3, -0.25) is 43.5 Å². The van der Waals surface area contributed by atoms with Crippen LogP contribution in [0.3, 0.4) is 0 Å². The minimum Gasteiger partial charge on any atom is -0.286 e. The average molecular weight is 434 g/mol. The van der Waals surface area contributed by atoms with Crippen LogP contribution in [0.15, 0.2) is 36.4 Å². The van der Waals surface area contributed by atoms with E-state index in [1.165, 1.54) is 38.2 Å². The minimum atomic E-state index is -0.241. The molecule has 3 heterocycles. The number of hydrogen-bond donors (Lipinski definition) is 0. The summed E-state index contributed by atoms with van der Waals surface area (Å²) < 4.78 is 0. The van der Waals surface area contributed by atoms with Crippen molar-refractivity contribution in [2.24, 2.45) is 0 Å². The van der Waals surface area contributed by atoms with Crippen molar-refractivity contribution in [1.29, 1.82) is 0 Å². The zero-order chi connectivity index (χ0) is 21.0. The van der Waals surface area contributed by atoms with E-state index in [0.29, 0.717) is 24.0 Å². The second-order valence-corrected chi connectivity index (χ2v) is 6.13. The fourth-order valence-corrected chi connectivity index (χ4v) is 2.47. The maximum atomic E-state index is 11.3. The van der Waals surface area contributed by atoms with Crippen molar-refractivity contribution in [2.75, 3.05) is 21.1 Å². The molecule has 3 aliphatic heterocycles. The Morgan fingerprint density at radius 3 is 1.16 bits per heavy atom. The molecule has 170 valence electrons. The number of amides is 6. The SMILES string of the molecule is C.C.C.CN1C(=O)C=CC1=O.CN1C(=O)CCC1=O.CN1C(=O)c2ccccc2C1=O. The Morgan fingerprint density at radius 2 is 0.935 bits per heavy atom. The zero-order valence-corrected chi connectivity index (χ0v) is 15.7. The van der Waals surface area contributed by atoms with Crippen molar-refractivity contribution in [1.82, 2.24) is 14.7 Å². The highest BCUT2D eigenvalue weighted by molar-refractivity contribution is 6.21. The van der Waals surface area contributed by atoms with E-state index in [4.69, 9.17) is 0 Å². The van der Waals surface area contributed by atoms with Crippen LogP contribution in [0.4, 0.5) is 0 Å². The molecule has 0 unspecified atom stereocenters. The number of carbonyl (C=O) groups is 6. The van der Waals surface area contributed by atoms with Gasteiger partial charge in [-0.15, -0.1) is 0 Å². The highest BCUT2D eigenvalue weighted by Crippen LogP contribution is 2.20. The Kier molecular flexibility index (Phi) is 11.6. The Bertz CT molecular complexity index is 837. The van der Waals surface area contributed by atoms with Gasteiger partial charge in [-0.2, -0.15) is 0 Å². The maximum Gasteiger partial charge on any atom is 0.261 e. The molecular formula is C22H31N3O6. The number of carbonyl (C=O) groups excluding carboxylic acids is 6. The van der Waals surface area contributed by atoms with Crippen molar-refractivity contribution in [3.63, 3.8) is 0 Å². The van der Waals surface area contributed by atoms with E-state index in [1.807, 2.05) is 0 Å². The summed E-state index contributed by atoms with van der Waals surface area (Å²) in [5.74, 6) is -1.03.